The van der Waals surface area contributed by atoms with Crippen LogP contribution in [0.3, 0.4) is 0 Å². The van der Waals surface area contributed by atoms with Gasteiger partial charge in [0.1, 0.15) is 5.76 Å². The van der Waals surface area contributed by atoms with E-state index >= 15 is 0 Å². The van der Waals surface area contributed by atoms with Gasteiger partial charge in [0.25, 0.3) is 0 Å². The molecular formula is C12H20N2O4. The van der Waals surface area contributed by atoms with Crippen molar-refractivity contribution in [2.24, 2.45) is 0 Å². The third-order valence-electron chi connectivity index (χ3n) is 2.67. The second-order valence-corrected chi connectivity index (χ2v) is 4.54. The van der Waals surface area contributed by atoms with Crippen LogP contribution in [0.5, 0.6) is 0 Å². The Morgan fingerprint density at radius 3 is 2.67 bits per heavy atom. The molecule has 1 amide bonds. The number of carbonyl (C=O) groups is 1. The molecule has 4 N–H and O–H groups in total. The molecule has 0 saturated carbocycles. The van der Waals surface area contributed by atoms with Gasteiger partial charge in [0.2, 0.25) is 5.91 Å². The Labute approximate surface area is 106 Å². The Morgan fingerprint density at radius 2 is 2.17 bits per heavy atom. The first kappa shape index (κ1) is 14.7. The van der Waals surface area contributed by atoms with Crippen molar-refractivity contribution in [3.63, 3.8) is 0 Å². The van der Waals surface area contributed by atoms with Crippen LogP contribution < -0.4 is 10.6 Å². The van der Waals surface area contributed by atoms with Crippen molar-refractivity contribution in [1.29, 1.82) is 0 Å². The van der Waals surface area contributed by atoms with E-state index in [0.717, 1.165) is 0 Å². The van der Waals surface area contributed by atoms with Crippen LogP contribution in [0.4, 0.5) is 0 Å². The fourth-order valence-corrected chi connectivity index (χ4v) is 1.47. The highest BCUT2D eigenvalue weighted by Gasteiger charge is 2.26. The fraction of sp³-hybridized carbons (Fsp3) is 0.583. The van der Waals surface area contributed by atoms with Crippen molar-refractivity contribution in [3.05, 3.63) is 24.2 Å². The monoisotopic (exact) mass is 256 g/mol. The summed E-state index contributed by atoms with van der Waals surface area (Å²) in [6, 6.07) is 2.99. The van der Waals surface area contributed by atoms with Gasteiger partial charge >= 0.3 is 0 Å². The number of hydrogen-bond donors (Lipinski definition) is 4. The fourth-order valence-electron chi connectivity index (χ4n) is 1.47. The number of rotatable bonds is 7. The molecule has 0 bridgehead atoms. The molecule has 1 atom stereocenters. The summed E-state index contributed by atoms with van der Waals surface area (Å²) >= 11 is 0. The SMILES string of the molecule is CC(NC(C)(CO)CO)C(=O)NCc1ccco1. The van der Waals surface area contributed by atoms with Gasteiger partial charge in [-0.25, -0.2) is 0 Å². The summed E-state index contributed by atoms with van der Waals surface area (Å²) in [5, 5.41) is 23.8. The van der Waals surface area contributed by atoms with E-state index in [4.69, 9.17) is 14.6 Å². The highest BCUT2D eigenvalue weighted by molar-refractivity contribution is 5.81. The predicted octanol–water partition coefficient (Wildman–Crippen LogP) is -0.383. The highest BCUT2D eigenvalue weighted by Crippen LogP contribution is 2.03. The molecule has 0 radical (unpaired) electrons. The first-order valence-electron chi connectivity index (χ1n) is 5.80. The number of furan rings is 1. The molecule has 1 aromatic heterocycles. The summed E-state index contributed by atoms with van der Waals surface area (Å²) in [7, 11) is 0. The zero-order valence-electron chi connectivity index (χ0n) is 10.6. The molecule has 1 aromatic rings. The molecule has 0 saturated heterocycles. The second kappa shape index (κ2) is 6.53. The maximum absolute atomic E-state index is 11.8. The van der Waals surface area contributed by atoms with E-state index in [1.54, 1.807) is 26.0 Å². The third kappa shape index (κ3) is 4.14. The Hall–Kier alpha value is -1.37. The number of aliphatic hydroxyl groups excluding tert-OH is 2. The lowest BCUT2D eigenvalue weighted by Gasteiger charge is -2.29. The first-order chi connectivity index (χ1) is 8.50. The predicted molar refractivity (Wildman–Crippen MR) is 65.7 cm³/mol. The Morgan fingerprint density at radius 1 is 1.50 bits per heavy atom. The lowest BCUT2D eigenvalue weighted by Crippen LogP contribution is -2.56. The quantitative estimate of drug-likeness (QED) is 0.533. The normalized spacial score (nSPS) is 13.3. The van der Waals surface area contributed by atoms with Gasteiger partial charge in [-0.3, -0.25) is 10.1 Å². The Kier molecular flexibility index (Phi) is 5.33. The standard InChI is InChI=1S/C12H20N2O4/c1-9(14-12(2,7-15)8-16)11(17)13-6-10-4-3-5-18-10/h3-5,9,14-16H,6-8H2,1-2H3,(H,13,17). The van der Waals surface area contributed by atoms with Crippen molar-refractivity contribution >= 4 is 5.91 Å². The van der Waals surface area contributed by atoms with Crippen molar-refractivity contribution in [2.75, 3.05) is 13.2 Å². The largest absolute Gasteiger partial charge is 0.467 e. The molecule has 0 aliphatic rings. The van der Waals surface area contributed by atoms with E-state index in [0.29, 0.717) is 12.3 Å². The minimum Gasteiger partial charge on any atom is -0.467 e. The molecule has 18 heavy (non-hydrogen) atoms. The molecule has 1 rings (SSSR count). The summed E-state index contributed by atoms with van der Waals surface area (Å²) in [6.07, 6.45) is 1.54. The molecule has 1 heterocycles. The van der Waals surface area contributed by atoms with Crippen LogP contribution >= 0.6 is 0 Å². The first-order valence-corrected chi connectivity index (χ1v) is 5.80. The number of amides is 1. The average Bonchev–Trinajstić information content (AvgIpc) is 2.88. The number of aliphatic hydroxyl groups is 2. The minimum absolute atomic E-state index is 0.223. The molecule has 6 heteroatoms. The van der Waals surface area contributed by atoms with Gasteiger partial charge < -0.3 is 19.9 Å². The number of hydrogen-bond acceptors (Lipinski definition) is 5. The molecule has 0 fully saturated rings. The molecule has 0 aliphatic carbocycles. The Balaban J connectivity index is 2.41. The summed E-state index contributed by atoms with van der Waals surface area (Å²) in [6.45, 7) is 3.12. The van der Waals surface area contributed by atoms with Gasteiger partial charge in [0.15, 0.2) is 0 Å². The van der Waals surface area contributed by atoms with Gasteiger partial charge in [0.05, 0.1) is 37.6 Å². The van der Waals surface area contributed by atoms with Gasteiger partial charge in [-0.2, -0.15) is 0 Å². The summed E-state index contributed by atoms with van der Waals surface area (Å²) in [5.41, 5.74) is -0.874. The van der Waals surface area contributed by atoms with Crippen LogP contribution in [0, 0.1) is 0 Å². The molecule has 102 valence electrons. The van der Waals surface area contributed by atoms with Crippen LogP contribution in [-0.4, -0.2) is 40.9 Å². The van der Waals surface area contributed by atoms with E-state index in [1.807, 2.05) is 0 Å². The van der Waals surface area contributed by atoms with Gasteiger partial charge in [-0.1, -0.05) is 0 Å². The van der Waals surface area contributed by atoms with E-state index in [9.17, 15) is 4.79 Å². The second-order valence-electron chi connectivity index (χ2n) is 4.54. The average molecular weight is 256 g/mol. The van der Waals surface area contributed by atoms with Crippen LogP contribution in [0.25, 0.3) is 0 Å². The summed E-state index contributed by atoms with van der Waals surface area (Å²) in [4.78, 5) is 11.8. The van der Waals surface area contributed by atoms with E-state index in [1.165, 1.54) is 6.26 Å². The van der Waals surface area contributed by atoms with Gasteiger partial charge in [-0.05, 0) is 26.0 Å². The molecule has 1 unspecified atom stereocenters. The van der Waals surface area contributed by atoms with Crippen molar-refractivity contribution < 1.29 is 19.4 Å². The zero-order chi connectivity index (χ0) is 13.6. The van der Waals surface area contributed by atoms with Crippen LogP contribution in [0.15, 0.2) is 22.8 Å². The molecule has 0 aromatic carbocycles. The lowest BCUT2D eigenvalue weighted by atomic mass is 10.0. The van der Waals surface area contributed by atoms with Crippen molar-refractivity contribution in [2.45, 2.75) is 32.0 Å². The van der Waals surface area contributed by atoms with E-state index < -0.39 is 11.6 Å². The van der Waals surface area contributed by atoms with Crippen LogP contribution in [0.1, 0.15) is 19.6 Å². The number of carbonyl (C=O) groups excluding carboxylic acids is 1. The van der Waals surface area contributed by atoms with Crippen molar-refractivity contribution in [1.82, 2.24) is 10.6 Å². The molecular weight excluding hydrogens is 236 g/mol. The third-order valence-corrected chi connectivity index (χ3v) is 2.67. The molecule has 6 nitrogen and oxygen atoms in total. The topological polar surface area (TPSA) is 94.7 Å². The maximum atomic E-state index is 11.8. The Bertz CT molecular complexity index is 360. The van der Waals surface area contributed by atoms with Gasteiger partial charge in [-0.15, -0.1) is 0 Å². The van der Waals surface area contributed by atoms with E-state index in [-0.39, 0.29) is 19.1 Å². The highest BCUT2D eigenvalue weighted by atomic mass is 16.3. The van der Waals surface area contributed by atoms with Crippen LogP contribution in [0.2, 0.25) is 0 Å². The lowest BCUT2D eigenvalue weighted by molar-refractivity contribution is -0.123. The van der Waals surface area contributed by atoms with E-state index in [2.05, 4.69) is 10.6 Å². The summed E-state index contributed by atoms with van der Waals surface area (Å²) < 4.78 is 5.09. The molecule has 0 aliphatic heterocycles. The van der Waals surface area contributed by atoms with Crippen LogP contribution in [-0.2, 0) is 11.3 Å². The smallest absolute Gasteiger partial charge is 0.237 e. The maximum Gasteiger partial charge on any atom is 0.237 e. The number of nitrogens with one attached hydrogen (secondary N) is 2. The van der Waals surface area contributed by atoms with Crippen molar-refractivity contribution in [3.8, 4) is 0 Å². The van der Waals surface area contributed by atoms with Gasteiger partial charge in [0, 0.05) is 0 Å². The minimum atomic E-state index is -0.874. The zero-order valence-corrected chi connectivity index (χ0v) is 10.6. The summed E-state index contributed by atoms with van der Waals surface area (Å²) in [5.74, 6) is 0.446. The molecule has 0 spiro atoms.